The lowest BCUT2D eigenvalue weighted by Gasteiger charge is -2.31. The lowest BCUT2D eigenvalue weighted by atomic mass is 10.0. The smallest absolute Gasteiger partial charge is 0.451 e. The molecule has 0 atom stereocenters. The first kappa shape index (κ1) is 21.7. The highest BCUT2D eigenvalue weighted by Gasteiger charge is 2.39. The molecule has 1 aliphatic rings. The van der Waals surface area contributed by atoms with Gasteiger partial charge in [-0.3, -0.25) is 9.36 Å². The molecule has 3 rings (SSSR count). The second-order valence-corrected chi connectivity index (χ2v) is 7.09. The number of piperidine rings is 1. The normalized spacial score (nSPS) is 15.3. The van der Waals surface area contributed by atoms with Crippen LogP contribution >= 0.6 is 0 Å². The third-order valence-corrected chi connectivity index (χ3v) is 5.22. The zero-order chi connectivity index (χ0) is 22.1. The van der Waals surface area contributed by atoms with Crippen molar-refractivity contribution in [2.45, 2.75) is 31.5 Å². The van der Waals surface area contributed by atoms with Gasteiger partial charge in [0, 0.05) is 20.1 Å². The molecule has 0 aliphatic carbocycles. The maximum absolute atomic E-state index is 13.0. The first-order chi connectivity index (χ1) is 14.2. The van der Waals surface area contributed by atoms with Gasteiger partial charge < -0.3 is 14.4 Å². The van der Waals surface area contributed by atoms with E-state index in [1.54, 1.807) is 23.1 Å². The molecule has 164 valence electrons. The minimum atomic E-state index is -4.70. The van der Waals surface area contributed by atoms with Gasteiger partial charge in [0.2, 0.25) is 11.7 Å². The van der Waals surface area contributed by atoms with E-state index in [1.165, 1.54) is 14.2 Å². The Labute approximate surface area is 170 Å². The van der Waals surface area contributed by atoms with Crippen LogP contribution in [0.3, 0.4) is 0 Å². The number of nitrogens with zero attached hydrogens (tertiary/aromatic N) is 4. The Balaban J connectivity index is 1.65. The maximum atomic E-state index is 13.0. The molecule has 2 aromatic rings. The fourth-order valence-corrected chi connectivity index (χ4v) is 3.58. The van der Waals surface area contributed by atoms with Crippen LogP contribution in [0.2, 0.25) is 0 Å². The standard InChI is InChI=1S/C19H23F3N4O4/c1-24-17(19(20,21)22)23-26(18(24)28)13-6-8-25(9-7-13)16(27)11-12-4-5-14(29-2)15(10-12)30-3/h4-5,10,13H,6-9,11H2,1-3H3. The largest absolute Gasteiger partial charge is 0.493 e. The van der Waals surface area contributed by atoms with Gasteiger partial charge in [-0.15, -0.1) is 5.10 Å². The van der Waals surface area contributed by atoms with Crippen molar-refractivity contribution in [2.24, 2.45) is 7.05 Å². The van der Waals surface area contributed by atoms with Gasteiger partial charge in [-0.2, -0.15) is 13.2 Å². The predicted octanol–water partition coefficient (Wildman–Crippen LogP) is 2.02. The lowest BCUT2D eigenvalue weighted by Crippen LogP contribution is -2.41. The Morgan fingerprint density at radius 1 is 1.17 bits per heavy atom. The highest BCUT2D eigenvalue weighted by Crippen LogP contribution is 2.29. The molecule has 1 aromatic carbocycles. The van der Waals surface area contributed by atoms with Crippen LogP contribution in [0.4, 0.5) is 13.2 Å². The average Bonchev–Trinajstić information content (AvgIpc) is 3.03. The molecule has 1 aliphatic heterocycles. The molecule has 1 aromatic heterocycles. The van der Waals surface area contributed by atoms with E-state index in [0.717, 1.165) is 17.3 Å². The molecule has 1 saturated heterocycles. The maximum Gasteiger partial charge on any atom is 0.451 e. The second-order valence-electron chi connectivity index (χ2n) is 7.09. The SMILES string of the molecule is COc1ccc(CC(=O)N2CCC(n3nc(C(F)(F)F)n(C)c3=O)CC2)cc1OC. The zero-order valence-corrected chi connectivity index (χ0v) is 16.9. The van der Waals surface area contributed by atoms with Crippen LogP contribution < -0.4 is 15.2 Å². The minimum Gasteiger partial charge on any atom is -0.493 e. The van der Waals surface area contributed by atoms with Crippen molar-refractivity contribution in [2.75, 3.05) is 27.3 Å². The van der Waals surface area contributed by atoms with Gasteiger partial charge in [-0.25, -0.2) is 9.48 Å². The average molecular weight is 428 g/mol. The highest BCUT2D eigenvalue weighted by atomic mass is 19.4. The quantitative estimate of drug-likeness (QED) is 0.728. The molecule has 30 heavy (non-hydrogen) atoms. The molecule has 11 heteroatoms. The Bertz CT molecular complexity index is 975. The highest BCUT2D eigenvalue weighted by molar-refractivity contribution is 5.79. The Morgan fingerprint density at radius 3 is 2.33 bits per heavy atom. The molecule has 0 N–H and O–H groups in total. The van der Waals surface area contributed by atoms with Gasteiger partial charge in [0.15, 0.2) is 11.5 Å². The van der Waals surface area contributed by atoms with Crippen LogP contribution in [0.1, 0.15) is 30.3 Å². The van der Waals surface area contributed by atoms with Crippen molar-refractivity contribution < 1.29 is 27.4 Å². The van der Waals surface area contributed by atoms with Crippen molar-refractivity contribution in [1.82, 2.24) is 19.2 Å². The summed E-state index contributed by atoms with van der Waals surface area (Å²) >= 11 is 0. The van der Waals surface area contributed by atoms with Gasteiger partial charge in [-0.05, 0) is 30.5 Å². The number of hydrogen-bond donors (Lipinski definition) is 0. The summed E-state index contributed by atoms with van der Waals surface area (Å²) in [6.07, 6.45) is -3.83. The lowest BCUT2D eigenvalue weighted by molar-refractivity contribution is -0.147. The van der Waals surface area contributed by atoms with E-state index < -0.39 is 23.7 Å². The van der Waals surface area contributed by atoms with Crippen molar-refractivity contribution in [1.29, 1.82) is 0 Å². The molecule has 0 saturated carbocycles. The van der Waals surface area contributed by atoms with Crippen LogP contribution in [0.15, 0.2) is 23.0 Å². The van der Waals surface area contributed by atoms with Crippen LogP contribution in [-0.2, 0) is 24.4 Å². The fourth-order valence-electron chi connectivity index (χ4n) is 3.58. The van der Waals surface area contributed by atoms with Crippen molar-refractivity contribution >= 4 is 5.91 Å². The molecule has 2 heterocycles. The van der Waals surface area contributed by atoms with Gasteiger partial charge in [0.1, 0.15) is 0 Å². The number of hydrogen-bond acceptors (Lipinski definition) is 5. The summed E-state index contributed by atoms with van der Waals surface area (Å²) in [5, 5.41) is 3.49. The summed E-state index contributed by atoms with van der Waals surface area (Å²) in [4.78, 5) is 26.4. The molecule has 0 spiro atoms. The van der Waals surface area contributed by atoms with E-state index in [1.807, 2.05) is 0 Å². The number of carbonyl (C=O) groups is 1. The molecule has 0 bridgehead atoms. The van der Waals surface area contributed by atoms with E-state index in [0.29, 0.717) is 42.0 Å². The summed E-state index contributed by atoms with van der Waals surface area (Å²) < 4.78 is 50.8. The zero-order valence-electron chi connectivity index (χ0n) is 16.9. The summed E-state index contributed by atoms with van der Waals surface area (Å²) in [7, 11) is 4.09. The summed E-state index contributed by atoms with van der Waals surface area (Å²) in [5.74, 6) is -0.241. The van der Waals surface area contributed by atoms with Gasteiger partial charge in [0.05, 0.1) is 26.7 Å². The van der Waals surface area contributed by atoms with Gasteiger partial charge >= 0.3 is 11.9 Å². The molecule has 0 radical (unpaired) electrons. The van der Waals surface area contributed by atoms with E-state index in [9.17, 15) is 22.8 Å². The van der Waals surface area contributed by atoms with E-state index in [4.69, 9.17) is 9.47 Å². The summed E-state index contributed by atoms with van der Waals surface area (Å²) in [5.41, 5.74) is -0.0482. The Kier molecular flexibility index (Phi) is 6.09. The third kappa shape index (κ3) is 4.29. The third-order valence-electron chi connectivity index (χ3n) is 5.22. The van der Waals surface area contributed by atoms with Crippen LogP contribution in [0.5, 0.6) is 11.5 Å². The van der Waals surface area contributed by atoms with Crippen LogP contribution in [0.25, 0.3) is 0 Å². The summed E-state index contributed by atoms with van der Waals surface area (Å²) in [6, 6.07) is 4.75. The van der Waals surface area contributed by atoms with Gasteiger partial charge in [-0.1, -0.05) is 6.07 Å². The molecule has 1 amide bonds. The number of methoxy groups -OCH3 is 2. The van der Waals surface area contributed by atoms with E-state index in [2.05, 4.69) is 5.10 Å². The fraction of sp³-hybridized carbons (Fsp3) is 0.526. The molecular formula is C19H23F3N4O4. The number of ether oxygens (including phenoxy) is 2. The number of amides is 1. The number of halogens is 3. The first-order valence-corrected chi connectivity index (χ1v) is 9.37. The van der Waals surface area contributed by atoms with Crippen LogP contribution in [-0.4, -0.2) is 52.5 Å². The molecular weight excluding hydrogens is 405 g/mol. The number of likely N-dealkylation sites (tertiary alicyclic amines) is 1. The summed E-state index contributed by atoms with van der Waals surface area (Å²) in [6.45, 7) is 0.669. The molecule has 0 unspecified atom stereocenters. The number of alkyl halides is 3. The monoisotopic (exact) mass is 428 g/mol. The van der Waals surface area contributed by atoms with Gasteiger partial charge in [0.25, 0.3) is 0 Å². The van der Waals surface area contributed by atoms with E-state index >= 15 is 0 Å². The predicted molar refractivity (Wildman–Crippen MR) is 101 cm³/mol. The topological polar surface area (TPSA) is 78.6 Å². The first-order valence-electron chi connectivity index (χ1n) is 9.37. The number of benzene rings is 1. The Hall–Kier alpha value is -2.98. The number of aromatic nitrogens is 3. The second kappa shape index (κ2) is 8.41. The van der Waals surface area contributed by atoms with Crippen molar-refractivity contribution in [3.63, 3.8) is 0 Å². The van der Waals surface area contributed by atoms with Crippen molar-refractivity contribution in [3.8, 4) is 11.5 Å². The van der Waals surface area contributed by atoms with E-state index in [-0.39, 0.29) is 12.3 Å². The molecule has 8 nitrogen and oxygen atoms in total. The molecule has 1 fully saturated rings. The van der Waals surface area contributed by atoms with Crippen LogP contribution in [0, 0.1) is 0 Å². The number of rotatable bonds is 5. The Morgan fingerprint density at radius 2 is 1.80 bits per heavy atom. The minimum absolute atomic E-state index is 0.106. The van der Waals surface area contributed by atoms with Crippen molar-refractivity contribution in [3.05, 3.63) is 40.1 Å². The number of carbonyl (C=O) groups excluding carboxylic acids is 1.